The summed E-state index contributed by atoms with van der Waals surface area (Å²) in [5, 5.41) is 9.77. The molecule has 2 fully saturated rings. The first-order valence-electron chi connectivity index (χ1n) is 9.23. The zero-order valence-electron chi connectivity index (χ0n) is 15.1. The number of ether oxygens (including phenoxy) is 1. The van der Waals surface area contributed by atoms with Crippen molar-refractivity contribution in [3.8, 4) is 5.75 Å². The molecule has 0 saturated carbocycles. The summed E-state index contributed by atoms with van der Waals surface area (Å²) in [5.41, 5.74) is 8.03. The van der Waals surface area contributed by atoms with Crippen LogP contribution in [0.25, 0.3) is 0 Å². The summed E-state index contributed by atoms with van der Waals surface area (Å²) >= 11 is 0. The van der Waals surface area contributed by atoms with E-state index in [1.807, 2.05) is 24.0 Å². The van der Waals surface area contributed by atoms with Crippen LogP contribution in [0.15, 0.2) is 24.3 Å². The number of benzene rings is 1. The number of hydrazine groups is 1. The third-order valence-corrected chi connectivity index (χ3v) is 5.58. The van der Waals surface area contributed by atoms with Crippen LogP contribution < -0.4 is 15.6 Å². The molecule has 3 N–H and O–H groups in total. The molecule has 138 valence electrons. The number of rotatable bonds is 5. The molecule has 2 saturated heterocycles. The maximum absolute atomic E-state index is 12.1. The molecule has 6 heteroatoms. The molecule has 0 aliphatic carbocycles. The lowest BCUT2D eigenvalue weighted by molar-refractivity contribution is -0.141. The van der Waals surface area contributed by atoms with Gasteiger partial charge in [-0.1, -0.05) is 19.1 Å². The Morgan fingerprint density at radius 1 is 1.40 bits per heavy atom. The molecule has 6 nitrogen and oxygen atoms in total. The van der Waals surface area contributed by atoms with Gasteiger partial charge in [-0.25, -0.2) is 0 Å². The standard InChI is InChI=1S/C19H29N3O3/c1-3-17(23)19(24)22-9-7-13(8-10-22)18-16(12-20-21-18)14-5-4-6-15(11-14)25-2/h4-6,11,13,16-18,20-21,23H,3,7-10,12H2,1-2H3. The van der Waals surface area contributed by atoms with Crippen LogP contribution in [0, 0.1) is 5.92 Å². The molecule has 0 spiro atoms. The van der Waals surface area contributed by atoms with E-state index in [0.717, 1.165) is 38.2 Å². The van der Waals surface area contributed by atoms with Crippen LogP contribution >= 0.6 is 0 Å². The summed E-state index contributed by atoms with van der Waals surface area (Å²) in [4.78, 5) is 14.0. The van der Waals surface area contributed by atoms with E-state index in [1.165, 1.54) is 5.56 Å². The third kappa shape index (κ3) is 3.97. The van der Waals surface area contributed by atoms with Gasteiger partial charge in [0.1, 0.15) is 11.9 Å². The van der Waals surface area contributed by atoms with Crippen LogP contribution in [-0.4, -0.2) is 54.8 Å². The Labute approximate surface area is 149 Å². The number of carbonyl (C=O) groups is 1. The van der Waals surface area contributed by atoms with Crippen LogP contribution in [0.1, 0.15) is 37.7 Å². The van der Waals surface area contributed by atoms with E-state index < -0.39 is 6.10 Å². The highest BCUT2D eigenvalue weighted by atomic mass is 16.5. The van der Waals surface area contributed by atoms with Crippen molar-refractivity contribution >= 4 is 5.91 Å². The summed E-state index contributed by atoms with van der Waals surface area (Å²) in [6.45, 7) is 4.18. The highest BCUT2D eigenvalue weighted by molar-refractivity contribution is 5.80. The molecular weight excluding hydrogens is 318 g/mol. The van der Waals surface area contributed by atoms with Crippen LogP contribution in [0.4, 0.5) is 0 Å². The topological polar surface area (TPSA) is 73.8 Å². The molecule has 3 rings (SSSR count). The molecule has 1 aromatic carbocycles. The van der Waals surface area contributed by atoms with Crippen LogP contribution in [-0.2, 0) is 4.79 Å². The molecule has 1 amide bonds. The molecule has 1 aromatic rings. The molecule has 2 heterocycles. The minimum absolute atomic E-state index is 0.122. The van der Waals surface area contributed by atoms with Gasteiger partial charge in [-0.3, -0.25) is 15.6 Å². The number of nitrogens with one attached hydrogen (secondary N) is 2. The number of carbonyl (C=O) groups excluding carboxylic acids is 1. The first-order valence-corrected chi connectivity index (χ1v) is 9.23. The van der Waals surface area contributed by atoms with Gasteiger partial charge in [0, 0.05) is 31.6 Å². The second-order valence-electron chi connectivity index (χ2n) is 7.02. The van der Waals surface area contributed by atoms with Crippen molar-refractivity contribution in [2.75, 3.05) is 26.7 Å². The van der Waals surface area contributed by atoms with Gasteiger partial charge in [-0.2, -0.15) is 0 Å². The summed E-state index contributed by atoms with van der Waals surface area (Å²) in [7, 11) is 1.69. The third-order valence-electron chi connectivity index (χ3n) is 5.58. The zero-order chi connectivity index (χ0) is 17.8. The fraction of sp³-hybridized carbons (Fsp3) is 0.632. The first kappa shape index (κ1) is 18.2. The van der Waals surface area contributed by atoms with Gasteiger partial charge in [0.2, 0.25) is 0 Å². The molecule has 0 aromatic heterocycles. The number of aliphatic hydroxyl groups is 1. The highest BCUT2D eigenvalue weighted by Crippen LogP contribution is 2.33. The van der Waals surface area contributed by atoms with Crippen molar-refractivity contribution < 1.29 is 14.6 Å². The number of piperidine rings is 1. The SMILES string of the molecule is CCC(O)C(=O)N1CCC(C2NNCC2c2cccc(OC)c2)CC1. The van der Waals surface area contributed by atoms with E-state index in [-0.39, 0.29) is 5.91 Å². The fourth-order valence-electron chi connectivity index (χ4n) is 4.02. The lowest BCUT2D eigenvalue weighted by atomic mass is 9.80. The molecule has 3 atom stereocenters. The predicted octanol–water partition coefficient (Wildman–Crippen LogP) is 1.26. The van der Waals surface area contributed by atoms with E-state index in [0.29, 0.717) is 24.3 Å². The minimum Gasteiger partial charge on any atom is -0.497 e. The van der Waals surface area contributed by atoms with Gasteiger partial charge in [0.05, 0.1) is 7.11 Å². The summed E-state index contributed by atoms with van der Waals surface area (Å²) < 4.78 is 5.36. The summed E-state index contributed by atoms with van der Waals surface area (Å²) in [6, 6.07) is 8.63. The molecule has 3 unspecified atom stereocenters. The van der Waals surface area contributed by atoms with Crippen LogP contribution in [0.2, 0.25) is 0 Å². The Morgan fingerprint density at radius 2 is 2.16 bits per heavy atom. The summed E-state index contributed by atoms with van der Waals surface area (Å²) in [5.74, 6) is 1.66. The van der Waals surface area contributed by atoms with Crippen molar-refractivity contribution in [1.29, 1.82) is 0 Å². The fourth-order valence-corrected chi connectivity index (χ4v) is 4.02. The van der Waals surface area contributed by atoms with Gasteiger partial charge in [-0.15, -0.1) is 0 Å². The quantitative estimate of drug-likeness (QED) is 0.748. The van der Waals surface area contributed by atoms with Gasteiger partial charge in [0.15, 0.2) is 0 Å². The highest BCUT2D eigenvalue weighted by Gasteiger charge is 2.37. The average molecular weight is 347 g/mol. The minimum atomic E-state index is -0.854. The Kier molecular flexibility index (Phi) is 5.93. The Balaban J connectivity index is 1.63. The Morgan fingerprint density at radius 3 is 2.84 bits per heavy atom. The van der Waals surface area contributed by atoms with Gasteiger partial charge < -0.3 is 14.7 Å². The number of amides is 1. The van der Waals surface area contributed by atoms with Gasteiger partial charge in [-0.05, 0) is 42.9 Å². The molecule has 0 radical (unpaired) electrons. The van der Waals surface area contributed by atoms with Crippen molar-refractivity contribution in [2.45, 2.75) is 44.2 Å². The number of hydrogen-bond acceptors (Lipinski definition) is 5. The number of aliphatic hydroxyl groups excluding tert-OH is 1. The van der Waals surface area contributed by atoms with E-state index in [4.69, 9.17) is 4.74 Å². The predicted molar refractivity (Wildman–Crippen MR) is 96.3 cm³/mol. The lowest BCUT2D eigenvalue weighted by Crippen LogP contribution is -2.48. The Hall–Kier alpha value is -1.63. The molecule has 0 bridgehead atoms. The monoisotopic (exact) mass is 347 g/mol. The van der Waals surface area contributed by atoms with E-state index in [1.54, 1.807) is 7.11 Å². The molecule has 25 heavy (non-hydrogen) atoms. The molecular formula is C19H29N3O3. The molecule has 2 aliphatic heterocycles. The second kappa shape index (κ2) is 8.17. The summed E-state index contributed by atoms with van der Waals surface area (Å²) in [6.07, 6.45) is 1.54. The maximum Gasteiger partial charge on any atom is 0.251 e. The average Bonchev–Trinajstić information content (AvgIpc) is 3.16. The smallest absolute Gasteiger partial charge is 0.251 e. The number of methoxy groups -OCH3 is 1. The number of likely N-dealkylation sites (tertiary alicyclic amines) is 1. The van der Waals surface area contributed by atoms with Crippen molar-refractivity contribution in [3.63, 3.8) is 0 Å². The first-order chi connectivity index (χ1) is 12.1. The van der Waals surface area contributed by atoms with E-state index >= 15 is 0 Å². The van der Waals surface area contributed by atoms with Gasteiger partial charge in [0.25, 0.3) is 5.91 Å². The van der Waals surface area contributed by atoms with Crippen molar-refractivity contribution in [1.82, 2.24) is 15.8 Å². The normalized spacial score (nSPS) is 25.8. The van der Waals surface area contributed by atoms with Gasteiger partial charge >= 0.3 is 0 Å². The van der Waals surface area contributed by atoms with Crippen LogP contribution in [0.3, 0.4) is 0 Å². The maximum atomic E-state index is 12.1. The van der Waals surface area contributed by atoms with Crippen molar-refractivity contribution in [2.24, 2.45) is 5.92 Å². The largest absolute Gasteiger partial charge is 0.497 e. The van der Waals surface area contributed by atoms with E-state index in [2.05, 4.69) is 23.0 Å². The number of nitrogens with zero attached hydrogens (tertiary/aromatic N) is 1. The van der Waals surface area contributed by atoms with E-state index in [9.17, 15) is 9.90 Å². The lowest BCUT2D eigenvalue weighted by Gasteiger charge is -2.37. The van der Waals surface area contributed by atoms with Crippen molar-refractivity contribution in [3.05, 3.63) is 29.8 Å². The number of hydrogen-bond donors (Lipinski definition) is 3. The second-order valence-corrected chi connectivity index (χ2v) is 7.02. The molecule has 2 aliphatic rings. The Bertz CT molecular complexity index is 587. The zero-order valence-corrected chi connectivity index (χ0v) is 15.1. The van der Waals surface area contributed by atoms with Crippen LogP contribution in [0.5, 0.6) is 5.75 Å².